The fourth-order valence-electron chi connectivity index (χ4n) is 2.35. The van der Waals surface area contributed by atoms with Crippen LogP contribution in [0.4, 0.5) is 17.2 Å². The van der Waals surface area contributed by atoms with Crippen LogP contribution in [0.15, 0.2) is 31.0 Å². The minimum atomic E-state index is 0.208. The maximum Gasteiger partial charge on any atom is 0.157 e. The molecule has 0 bridgehead atoms. The third kappa shape index (κ3) is 1.44. The highest BCUT2D eigenvalue weighted by Gasteiger charge is 2.33. The lowest BCUT2D eigenvalue weighted by Crippen LogP contribution is -2.36. The van der Waals surface area contributed by atoms with Crippen LogP contribution in [-0.4, -0.2) is 28.2 Å². The molecule has 5 nitrogen and oxygen atoms in total. The zero-order chi connectivity index (χ0) is 12.7. The van der Waals surface area contributed by atoms with Gasteiger partial charge in [0.15, 0.2) is 5.82 Å². The molecule has 92 valence electrons. The molecule has 1 aliphatic heterocycles. The van der Waals surface area contributed by atoms with Gasteiger partial charge in [-0.05, 0) is 25.5 Å². The number of pyridine rings is 1. The lowest BCUT2D eigenvalue weighted by molar-refractivity contribution is 0.727. The molecular weight excluding hydrogens is 226 g/mol. The Labute approximate surface area is 106 Å². The van der Waals surface area contributed by atoms with Crippen molar-refractivity contribution in [1.29, 1.82) is 0 Å². The fraction of sp³-hybridized carbons (Fsp3) is 0.308. The number of aryl methyl sites for hydroxylation is 1. The summed E-state index contributed by atoms with van der Waals surface area (Å²) in [4.78, 5) is 17.1. The van der Waals surface area contributed by atoms with E-state index in [9.17, 15) is 0 Å². The van der Waals surface area contributed by atoms with Crippen LogP contribution in [0, 0.1) is 6.92 Å². The van der Waals surface area contributed by atoms with Gasteiger partial charge >= 0.3 is 0 Å². The van der Waals surface area contributed by atoms with Crippen molar-refractivity contribution in [2.75, 3.05) is 16.8 Å². The normalized spacial score (nSPS) is 18.1. The molecule has 0 saturated carbocycles. The van der Waals surface area contributed by atoms with E-state index in [1.165, 1.54) is 5.56 Å². The highest BCUT2D eigenvalue weighted by atomic mass is 15.4. The van der Waals surface area contributed by atoms with Crippen molar-refractivity contribution in [2.24, 2.45) is 0 Å². The molecule has 0 radical (unpaired) electrons. The van der Waals surface area contributed by atoms with Gasteiger partial charge in [0.05, 0.1) is 18.1 Å². The van der Waals surface area contributed by atoms with E-state index < -0.39 is 0 Å². The highest BCUT2D eigenvalue weighted by Crippen LogP contribution is 2.41. The summed E-state index contributed by atoms with van der Waals surface area (Å²) in [7, 11) is 2.04. The largest absolute Gasteiger partial charge is 0.337 e. The van der Waals surface area contributed by atoms with Crippen molar-refractivity contribution in [3.8, 4) is 0 Å². The lowest BCUT2D eigenvalue weighted by Gasteiger charge is -2.27. The summed E-state index contributed by atoms with van der Waals surface area (Å²) < 4.78 is 0. The number of rotatable bonds is 1. The van der Waals surface area contributed by atoms with E-state index in [4.69, 9.17) is 0 Å². The average molecular weight is 241 g/mol. The summed E-state index contributed by atoms with van der Waals surface area (Å²) in [5.74, 6) is 0.959. The zero-order valence-electron chi connectivity index (χ0n) is 10.7. The molecular formula is C13H15N5. The molecule has 3 rings (SSSR count). The Morgan fingerprint density at radius 2 is 1.94 bits per heavy atom. The highest BCUT2D eigenvalue weighted by molar-refractivity contribution is 5.80. The Kier molecular flexibility index (Phi) is 2.40. The second-order valence-electron chi connectivity index (χ2n) is 4.51. The van der Waals surface area contributed by atoms with E-state index in [1.54, 1.807) is 6.33 Å². The topological polar surface area (TPSA) is 45.2 Å². The van der Waals surface area contributed by atoms with Crippen molar-refractivity contribution in [3.05, 3.63) is 36.5 Å². The van der Waals surface area contributed by atoms with Crippen molar-refractivity contribution in [3.63, 3.8) is 0 Å². The van der Waals surface area contributed by atoms with Gasteiger partial charge in [0.2, 0.25) is 0 Å². The molecule has 0 N–H and O–H groups in total. The zero-order valence-corrected chi connectivity index (χ0v) is 10.7. The lowest BCUT2D eigenvalue weighted by atomic mass is 10.2. The number of hydrogen-bond acceptors (Lipinski definition) is 5. The molecule has 18 heavy (non-hydrogen) atoms. The quantitative estimate of drug-likeness (QED) is 0.765. The van der Waals surface area contributed by atoms with Crippen LogP contribution >= 0.6 is 0 Å². The van der Waals surface area contributed by atoms with Crippen LogP contribution in [0.3, 0.4) is 0 Å². The van der Waals surface area contributed by atoms with E-state index in [-0.39, 0.29) is 6.17 Å². The maximum absolute atomic E-state index is 4.35. The molecule has 1 unspecified atom stereocenters. The number of aromatic nitrogens is 3. The Balaban J connectivity index is 2.16. The minimum absolute atomic E-state index is 0.208. The summed E-state index contributed by atoms with van der Waals surface area (Å²) in [6.45, 7) is 4.24. The Bertz CT molecular complexity index is 583. The van der Waals surface area contributed by atoms with E-state index in [0.29, 0.717) is 0 Å². The van der Waals surface area contributed by atoms with E-state index in [0.717, 1.165) is 17.2 Å². The van der Waals surface area contributed by atoms with Gasteiger partial charge in [-0.15, -0.1) is 0 Å². The smallest absolute Gasteiger partial charge is 0.157 e. The first-order chi connectivity index (χ1) is 8.70. The maximum atomic E-state index is 4.35. The molecule has 0 spiro atoms. The molecule has 3 heterocycles. The SMILES string of the molecule is Cc1ccncc1N1c2cncnc2N(C)C1C. The Morgan fingerprint density at radius 3 is 2.72 bits per heavy atom. The number of nitrogens with zero attached hydrogens (tertiary/aromatic N) is 5. The van der Waals surface area contributed by atoms with Gasteiger partial charge in [-0.25, -0.2) is 9.97 Å². The predicted molar refractivity (Wildman–Crippen MR) is 71.0 cm³/mol. The van der Waals surface area contributed by atoms with Gasteiger partial charge in [0.1, 0.15) is 18.2 Å². The molecule has 0 aromatic carbocycles. The summed E-state index contributed by atoms with van der Waals surface area (Å²) in [6.07, 6.45) is 7.35. The minimum Gasteiger partial charge on any atom is -0.337 e. The molecule has 0 amide bonds. The van der Waals surface area contributed by atoms with E-state index in [1.807, 2.05) is 31.7 Å². The van der Waals surface area contributed by atoms with Crippen LogP contribution in [0.1, 0.15) is 12.5 Å². The number of hydrogen-bond donors (Lipinski definition) is 0. The van der Waals surface area contributed by atoms with Crippen LogP contribution in [0.25, 0.3) is 0 Å². The van der Waals surface area contributed by atoms with Crippen LogP contribution in [0.5, 0.6) is 0 Å². The number of fused-ring (bicyclic) bond motifs is 1. The molecule has 2 aromatic heterocycles. The van der Waals surface area contributed by atoms with E-state index >= 15 is 0 Å². The van der Waals surface area contributed by atoms with Crippen LogP contribution in [-0.2, 0) is 0 Å². The molecule has 1 atom stereocenters. The molecule has 1 aliphatic rings. The molecule has 0 aliphatic carbocycles. The first kappa shape index (κ1) is 11.0. The summed E-state index contributed by atoms with van der Waals surface area (Å²) in [5.41, 5.74) is 3.33. The van der Waals surface area contributed by atoms with Gasteiger partial charge in [-0.2, -0.15) is 0 Å². The van der Waals surface area contributed by atoms with Crippen molar-refractivity contribution >= 4 is 17.2 Å². The Morgan fingerprint density at radius 1 is 1.17 bits per heavy atom. The molecule has 0 saturated heterocycles. The standard InChI is InChI=1S/C13H15N5/c1-9-4-5-14-6-11(9)18-10(2)17(3)13-12(18)7-15-8-16-13/h4-8,10H,1-3H3. The van der Waals surface area contributed by atoms with Gasteiger partial charge in [0, 0.05) is 13.2 Å². The fourth-order valence-corrected chi connectivity index (χ4v) is 2.35. The first-order valence-corrected chi connectivity index (χ1v) is 5.93. The van der Waals surface area contributed by atoms with Gasteiger partial charge < -0.3 is 9.80 Å². The molecule has 5 heteroatoms. The van der Waals surface area contributed by atoms with Gasteiger partial charge in [-0.1, -0.05) is 0 Å². The summed E-state index contributed by atoms with van der Waals surface area (Å²) >= 11 is 0. The van der Waals surface area contributed by atoms with Crippen LogP contribution < -0.4 is 9.80 Å². The van der Waals surface area contributed by atoms with E-state index in [2.05, 4.69) is 38.6 Å². The van der Waals surface area contributed by atoms with Gasteiger partial charge in [-0.3, -0.25) is 4.98 Å². The van der Waals surface area contributed by atoms with Crippen molar-refractivity contribution < 1.29 is 0 Å². The predicted octanol–water partition coefficient (Wildman–Crippen LogP) is 2.11. The molecule has 0 fully saturated rings. The van der Waals surface area contributed by atoms with Gasteiger partial charge in [0.25, 0.3) is 0 Å². The number of anilines is 3. The monoisotopic (exact) mass is 241 g/mol. The summed E-state index contributed by atoms with van der Waals surface area (Å²) in [6, 6.07) is 2.02. The molecule has 2 aromatic rings. The Hall–Kier alpha value is -2.17. The second-order valence-corrected chi connectivity index (χ2v) is 4.51. The third-order valence-corrected chi connectivity index (χ3v) is 3.47. The first-order valence-electron chi connectivity index (χ1n) is 5.93. The second kappa shape index (κ2) is 3.94. The van der Waals surface area contributed by atoms with Crippen molar-refractivity contribution in [2.45, 2.75) is 20.0 Å². The average Bonchev–Trinajstić information content (AvgIpc) is 2.64. The van der Waals surface area contributed by atoms with Crippen molar-refractivity contribution in [1.82, 2.24) is 15.0 Å². The summed E-state index contributed by atoms with van der Waals surface area (Å²) in [5, 5.41) is 0. The third-order valence-electron chi connectivity index (χ3n) is 3.47. The van der Waals surface area contributed by atoms with Crippen LogP contribution in [0.2, 0.25) is 0 Å².